The van der Waals surface area contributed by atoms with E-state index in [2.05, 4.69) is 5.32 Å². The number of nitrogens with one attached hydrogen (secondary N) is 1. The largest absolute Gasteiger partial charge is 0.491 e. The third kappa shape index (κ3) is 3.95. The number of nitrogens with two attached hydrogens (primary N) is 1. The van der Waals surface area contributed by atoms with Gasteiger partial charge in [0.05, 0.1) is 24.4 Å². The number of carbonyl (C=O) groups excluding carboxylic acids is 1. The van der Waals surface area contributed by atoms with Crippen molar-refractivity contribution in [2.24, 2.45) is 0 Å². The Morgan fingerprint density at radius 2 is 2.00 bits per heavy atom. The molecule has 0 spiro atoms. The van der Waals surface area contributed by atoms with Gasteiger partial charge >= 0.3 is 0 Å². The number of ether oxygens (including phenoxy) is 1. The highest BCUT2D eigenvalue weighted by Crippen LogP contribution is 2.21. The molecule has 1 amide bonds. The van der Waals surface area contributed by atoms with Crippen LogP contribution in [0.4, 0.5) is 15.8 Å². The van der Waals surface area contributed by atoms with Crippen LogP contribution in [0.15, 0.2) is 42.5 Å². The summed E-state index contributed by atoms with van der Waals surface area (Å²) in [6.45, 7) is 1.91. The van der Waals surface area contributed by atoms with Gasteiger partial charge in [0, 0.05) is 0 Å². The standard InChI is InChI=1S/C16H17FN2O2/c1-11-5-4-6-12(17)16(11)19-15(20)9-10-21-14-8-3-2-7-13(14)18/h2-8H,9-10,18H2,1H3,(H,19,20). The zero-order chi connectivity index (χ0) is 15.2. The molecule has 3 N–H and O–H groups in total. The molecule has 0 radical (unpaired) electrons. The maximum Gasteiger partial charge on any atom is 0.227 e. The molecule has 0 atom stereocenters. The molecule has 2 aromatic rings. The molecule has 5 heteroatoms. The second kappa shape index (κ2) is 6.74. The fourth-order valence-corrected chi connectivity index (χ4v) is 1.86. The summed E-state index contributed by atoms with van der Waals surface area (Å²) >= 11 is 0. The Morgan fingerprint density at radius 1 is 1.24 bits per heavy atom. The first-order valence-corrected chi connectivity index (χ1v) is 6.60. The van der Waals surface area contributed by atoms with Crippen LogP contribution in [0.2, 0.25) is 0 Å². The van der Waals surface area contributed by atoms with Crippen LogP contribution in [0, 0.1) is 12.7 Å². The molecule has 0 unspecified atom stereocenters. The average molecular weight is 288 g/mol. The molecule has 0 fully saturated rings. The molecule has 4 nitrogen and oxygen atoms in total. The van der Waals surface area contributed by atoms with E-state index in [1.807, 2.05) is 0 Å². The number of para-hydroxylation sites is 3. The van der Waals surface area contributed by atoms with Gasteiger partial charge in [-0.25, -0.2) is 4.39 Å². The number of rotatable bonds is 5. The van der Waals surface area contributed by atoms with E-state index in [9.17, 15) is 9.18 Å². The number of aryl methyl sites for hydroxylation is 1. The minimum absolute atomic E-state index is 0.113. The number of hydrogen-bond donors (Lipinski definition) is 2. The van der Waals surface area contributed by atoms with Gasteiger partial charge in [0.25, 0.3) is 0 Å². The van der Waals surface area contributed by atoms with Crippen LogP contribution in [-0.2, 0) is 4.79 Å². The molecule has 0 saturated carbocycles. The molecule has 0 heterocycles. The maximum absolute atomic E-state index is 13.6. The fourth-order valence-electron chi connectivity index (χ4n) is 1.86. The highest BCUT2D eigenvalue weighted by molar-refractivity contribution is 5.91. The van der Waals surface area contributed by atoms with Crippen molar-refractivity contribution in [3.8, 4) is 5.75 Å². The van der Waals surface area contributed by atoms with Gasteiger partial charge in [-0.1, -0.05) is 24.3 Å². The van der Waals surface area contributed by atoms with Crippen molar-refractivity contribution in [2.75, 3.05) is 17.7 Å². The molecule has 110 valence electrons. The molecular weight excluding hydrogens is 271 g/mol. The number of nitrogen functional groups attached to an aromatic ring is 1. The van der Waals surface area contributed by atoms with Crippen molar-refractivity contribution in [1.29, 1.82) is 0 Å². The van der Waals surface area contributed by atoms with Crippen molar-refractivity contribution in [1.82, 2.24) is 0 Å². The maximum atomic E-state index is 13.6. The Morgan fingerprint density at radius 3 is 2.71 bits per heavy atom. The van der Waals surface area contributed by atoms with E-state index in [4.69, 9.17) is 10.5 Å². The van der Waals surface area contributed by atoms with E-state index in [1.165, 1.54) is 6.07 Å². The fraction of sp³-hybridized carbons (Fsp3) is 0.188. The second-order valence-corrected chi connectivity index (χ2v) is 4.62. The van der Waals surface area contributed by atoms with Crippen molar-refractivity contribution >= 4 is 17.3 Å². The minimum Gasteiger partial charge on any atom is -0.491 e. The van der Waals surface area contributed by atoms with Crippen molar-refractivity contribution in [3.63, 3.8) is 0 Å². The van der Waals surface area contributed by atoms with Crippen LogP contribution >= 0.6 is 0 Å². The topological polar surface area (TPSA) is 64.3 Å². The highest BCUT2D eigenvalue weighted by atomic mass is 19.1. The van der Waals surface area contributed by atoms with E-state index < -0.39 is 5.82 Å². The molecule has 0 bridgehead atoms. The van der Waals surface area contributed by atoms with Crippen molar-refractivity contribution in [2.45, 2.75) is 13.3 Å². The number of halogens is 1. The molecule has 0 saturated heterocycles. The van der Waals surface area contributed by atoms with Gasteiger partial charge in [0.2, 0.25) is 5.91 Å². The summed E-state index contributed by atoms with van der Waals surface area (Å²) in [5.41, 5.74) is 7.13. The predicted octanol–water partition coefficient (Wildman–Crippen LogP) is 3.12. The summed E-state index contributed by atoms with van der Waals surface area (Å²) < 4.78 is 19.0. The summed E-state index contributed by atoms with van der Waals surface area (Å²) in [6, 6.07) is 11.7. The number of hydrogen-bond acceptors (Lipinski definition) is 3. The zero-order valence-corrected chi connectivity index (χ0v) is 11.7. The lowest BCUT2D eigenvalue weighted by atomic mass is 10.2. The number of benzene rings is 2. The van der Waals surface area contributed by atoms with Gasteiger partial charge in [-0.3, -0.25) is 4.79 Å². The van der Waals surface area contributed by atoms with Crippen LogP contribution in [-0.4, -0.2) is 12.5 Å². The lowest BCUT2D eigenvalue weighted by Gasteiger charge is -2.11. The Kier molecular flexibility index (Phi) is 4.77. The number of anilines is 2. The van der Waals surface area contributed by atoms with Gasteiger partial charge in [-0.15, -0.1) is 0 Å². The lowest BCUT2D eigenvalue weighted by Crippen LogP contribution is -2.17. The molecular formula is C16H17FN2O2. The lowest BCUT2D eigenvalue weighted by molar-refractivity contribution is -0.116. The first-order chi connectivity index (χ1) is 10.1. The summed E-state index contributed by atoms with van der Waals surface area (Å²) in [5.74, 6) is -0.221. The van der Waals surface area contributed by atoms with E-state index in [0.29, 0.717) is 17.0 Å². The molecule has 0 aromatic heterocycles. The molecule has 2 aromatic carbocycles. The van der Waals surface area contributed by atoms with Gasteiger partial charge < -0.3 is 15.8 Å². The van der Waals surface area contributed by atoms with Crippen LogP contribution in [0.5, 0.6) is 5.75 Å². The smallest absolute Gasteiger partial charge is 0.227 e. The Bertz CT molecular complexity index is 624. The quantitative estimate of drug-likeness (QED) is 0.831. The molecule has 2 rings (SSSR count). The highest BCUT2D eigenvalue weighted by Gasteiger charge is 2.09. The van der Waals surface area contributed by atoms with E-state index in [0.717, 1.165) is 0 Å². The average Bonchev–Trinajstić information content (AvgIpc) is 2.45. The number of amides is 1. The molecule has 0 aliphatic carbocycles. The predicted molar refractivity (Wildman–Crippen MR) is 80.7 cm³/mol. The molecule has 21 heavy (non-hydrogen) atoms. The normalized spacial score (nSPS) is 10.2. The monoisotopic (exact) mass is 288 g/mol. The first kappa shape index (κ1) is 14.8. The summed E-state index contributed by atoms with van der Waals surface area (Å²) in [5, 5.41) is 2.55. The van der Waals surface area contributed by atoms with Gasteiger partial charge in [0.1, 0.15) is 11.6 Å². The Labute approximate surface area is 122 Å². The first-order valence-electron chi connectivity index (χ1n) is 6.60. The third-order valence-corrected chi connectivity index (χ3v) is 2.99. The van der Waals surface area contributed by atoms with E-state index in [1.54, 1.807) is 43.3 Å². The summed E-state index contributed by atoms with van der Waals surface area (Å²) in [6.07, 6.45) is 0.113. The van der Waals surface area contributed by atoms with Gasteiger partial charge in [-0.2, -0.15) is 0 Å². The molecule has 0 aliphatic heterocycles. The van der Waals surface area contributed by atoms with Gasteiger partial charge in [-0.05, 0) is 30.7 Å². The third-order valence-electron chi connectivity index (χ3n) is 2.99. The van der Waals surface area contributed by atoms with Crippen LogP contribution in [0.3, 0.4) is 0 Å². The number of carbonyl (C=O) groups is 1. The Balaban J connectivity index is 1.87. The second-order valence-electron chi connectivity index (χ2n) is 4.62. The summed E-state index contributed by atoms with van der Waals surface area (Å²) in [4.78, 5) is 11.8. The van der Waals surface area contributed by atoms with Crippen LogP contribution in [0.1, 0.15) is 12.0 Å². The zero-order valence-electron chi connectivity index (χ0n) is 11.7. The van der Waals surface area contributed by atoms with Gasteiger partial charge in [0.15, 0.2) is 0 Å². The van der Waals surface area contributed by atoms with Crippen LogP contribution < -0.4 is 15.8 Å². The SMILES string of the molecule is Cc1cccc(F)c1NC(=O)CCOc1ccccc1N. The van der Waals surface area contributed by atoms with Crippen molar-refractivity contribution < 1.29 is 13.9 Å². The van der Waals surface area contributed by atoms with E-state index >= 15 is 0 Å². The van der Waals surface area contributed by atoms with Crippen molar-refractivity contribution in [3.05, 3.63) is 53.8 Å². The Hall–Kier alpha value is -2.56. The molecule has 0 aliphatic rings. The van der Waals surface area contributed by atoms with E-state index in [-0.39, 0.29) is 24.6 Å². The van der Waals surface area contributed by atoms with Crippen LogP contribution in [0.25, 0.3) is 0 Å². The summed E-state index contributed by atoms with van der Waals surface area (Å²) in [7, 11) is 0. The minimum atomic E-state index is -0.448.